The molecule has 0 saturated carbocycles. The number of methoxy groups -OCH3 is 1. The van der Waals surface area contributed by atoms with Crippen molar-refractivity contribution < 1.29 is 24.5 Å². The van der Waals surface area contributed by atoms with Crippen LogP contribution in [-0.4, -0.2) is 79.0 Å². The molecule has 0 heterocycles. The van der Waals surface area contributed by atoms with Gasteiger partial charge in [0.1, 0.15) is 0 Å². The van der Waals surface area contributed by atoms with Crippen LogP contribution in [0.4, 0.5) is 4.79 Å². The van der Waals surface area contributed by atoms with Crippen molar-refractivity contribution in [1.82, 2.24) is 9.80 Å². The summed E-state index contributed by atoms with van der Waals surface area (Å²) in [6.45, 7) is 1.30. The number of amides is 2. The highest BCUT2D eigenvalue weighted by atomic mass is 16.5. The first-order valence-electron chi connectivity index (χ1n) is 5.84. The Balaban J connectivity index is 4.14. The number of ether oxygens (including phenoxy) is 1. The normalized spacial score (nSPS) is 10.2. The molecule has 0 aliphatic heterocycles. The highest BCUT2D eigenvalue weighted by molar-refractivity contribution is 5.74. The van der Waals surface area contributed by atoms with E-state index in [0.29, 0.717) is 26.1 Å². The number of nitrogens with zero attached hydrogens (tertiary/aromatic N) is 2. The van der Waals surface area contributed by atoms with Gasteiger partial charge in [-0.1, -0.05) is 0 Å². The quantitative estimate of drug-likeness (QED) is 0.603. The maximum absolute atomic E-state index is 12.0. The summed E-state index contributed by atoms with van der Waals surface area (Å²) in [6.07, 6.45) is 0.449. The fourth-order valence-corrected chi connectivity index (χ4v) is 1.43. The fraction of sp³-hybridized carbons (Fsp3) is 0.818. The molecular formula is C11H22N2O5. The molecule has 0 rings (SSSR count). The summed E-state index contributed by atoms with van der Waals surface area (Å²) in [5.41, 5.74) is 0. The van der Waals surface area contributed by atoms with Crippen molar-refractivity contribution >= 4 is 12.0 Å². The zero-order valence-electron chi connectivity index (χ0n) is 11.0. The van der Waals surface area contributed by atoms with Crippen LogP contribution in [0.1, 0.15) is 12.8 Å². The Labute approximate surface area is 107 Å². The van der Waals surface area contributed by atoms with Crippen LogP contribution in [-0.2, 0) is 9.53 Å². The third kappa shape index (κ3) is 7.08. The molecular weight excluding hydrogens is 240 g/mol. The Hall–Kier alpha value is -1.34. The molecule has 7 heteroatoms. The van der Waals surface area contributed by atoms with Crippen LogP contribution in [0.2, 0.25) is 0 Å². The first-order valence-corrected chi connectivity index (χ1v) is 5.84. The molecule has 0 fully saturated rings. The van der Waals surface area contributed by atoms with Crippen LogP contribution in [0.25, 0.3) is 0 Å². The number of carboxylic acid groups (broad SMARTS) is 1. The average Bonchev–Trinajstić information content (AvgIpc) is 2.33. The summed E-state index contributed by atoms with van der Waals surface area (Å²) in [5.74, 6) is -0.873. The Kier molecular flexibility index (Phi) is 8.95. The SMILES string of the molecule is COCCN(CCO)C(=O)N(C)CCCC(=O)O. The third-order valence-corrected chi connectivity index (χ3v) is 2.42. The lowest BCUT2D eigenvalue weighted by molar-refractivity contribution is -0.137. The molecule has 0 unspecified atom stereocenters. The number of carbonyl (C=O) groups excluding carboxylic acids is 1. The zero-order valence-corrected chi connectivity index (χ0v) is 11.0. The number of carbonyl (C=O) groups is 2. The molecule has 106 valence electrons. The number of carboxylic acids is 1. The lowest BCUT2D eigenvalue weighted by atomic mass is 10.3. The second-order valence-corrected chi connectivity index (χ2v) is 3.90. The Morgan fingerprint density at radius 2 is 1.89 bits per heavy atom. The van der Waals surface area contributed by atoms with Crippen LogP contribution in [0, 0.1) is 0 Å². The van der Waals surface area contributed by atoms with Gasteiger partial charge < -0.3 is 24.7 Å². The highest BCUT2D eigenvalue weighted by Crippen LogP contribution is 2.00. The maximum atomic E-state index is 12.0. The standard InChI is InChI=1S/C11H22N2O5/c1-12(5-3-4-10(15)16)11(17)13(6-8-14)7-9-18-2/h14H,3-9H2,1-2H3,(H,15,16). The largest absolute Gasteiger partial charge is 0.481 e. The zero-order chi connectivity index (χ0) is 14.0. The van der Waals surface area contributed by atoms with E-state index in [1.165, 1.54) is 16.9 Å². The number of aliphatic hydroxyl groups is 1. The molecule has 0 radical (unpaired) electrons. The molecule has 18 heavy (non-hydrogen) atoms. The molecule has 0 aromatic rings. The molecule has 0 atom stereocenters. The van der Waals surface area contributed by atoms with E-state index in [4.69, 9.17) is 14.9 Å². The molecule has 7 nitrogen and oxygen atoms in total. The predicted molar refractivity (Wildman–Crippen MR) is 65.4 cm³/mol. The van der Waals surface area contributed by atoms with Crippen LogP contribution in [0.3, 0.4) is 0 Å². The summed E-state index contributed by atoms with van der Waals surface area (Å²) in [7, 11) is 3.15. The monoisotopic (exact) mass is 262 g/mol. The smallest absolute Gasteiger partial charge is 0.319 e. The Morgan fingerprint density at radius 3 is 2.39 bits per heavy atom. The van der Waals surface area contributed by atoms with Crippen LogP contribution in [0.5, 0.6) is 0 Å². The molecule has 2 amide bonds. The molecule has 0 aromatic carbocycles. The average molecular weight is 262 g/mol. The number of hydrogen-bond acceptors (Lipinski definition) is 4. The maximum Gasteiger partial charge on any atom is 0.319 e. The van der Waals surface area contributed by atoms with E-state index in [1.807, 2.05) is 0 Å². The number of rotatable bonds is 9. The van der Waals surface area contributed by atoms with Gasteiger partial charge >= 0.3 is 12.0 Å². The van der Waals surface area contributed by atoms with Gasteiger partial charge in [0.2, 0.25) is 0 Å². The molecule has 0 spiro atoms. The summed E-state index contributed by atoms with van der Waals surface area (Å²) >= 11 is 0. The highest BCUT2D eigenvalue weighted by Gasteiger charge is 2.17. The Bertz CT molecular complexity index is 260. The van der Waals surface area contributed by atoms with E-state index < -0.39 is 5.97 Å². The van der Waals surface area contributed by atoms with Crippen molar-refractivity contribution in [3.8, 4) is 0 Å². The lowest BCUT2D eigenvalue weighted by Crippen LogP contribution is -2.44. The lowest BCUT2D eigenvalue weighted by Gasteiger charge is -2.27. The van der Waals surface area contributed by atoms with Crippen molar-refractivity contribution in [3.05, 3.63) is 0 Å². The third-order valence-electron chi connectivity index (χ3n) is 2.42. The number of aliphatic hydroxyl groups excluding tert-OH is 1. The summed E-state index contributed by atoms with van der Waals surface area (Å²) in [4.78, 5) is 25.2. The van der Waals surface area contributed by atoms with Gasteiger partial charge in [-0.05, 0) is 6.42 Å². The topological polar surface area (TPSA) is 90.3 Å². The second kappa shape index (κ2) is 9.67. The molecule has 2 N–H and O–H groups in total. The number of hydrogen-bond donors (Lipinski definition) is 2. The van der Waals surface area contributed by atoms with Gasteiger partial charge in [0.25, 0.3) is 0 Å². The van der Waals surface area contributed by atoms with Crippen LogP contribution >= 0.6 is 0 Å². The molecule has 0 aliphatic carbocycles. The van der Waals surface area contributed by atoms with Gasteiger partial charge in [0.15, 0.2) is 0 Å². The van der Waals surface area contributed by atoms with Crippen molar-refractivity contribution in [2.75, 3.05) is 47.0 Å². The summed E-state index contributed by atoms with van der Waals surface area (Å²) < 4.78 is 4.89. The van der Waals surface area contributed by atoms with Crippen molar-refractivity contribution in [1.29, 1.82) is 0 Å². The van der Waals surface area contributed by atoms with Crippen molar-refractivity contribution in [2.24, 2.45) is 0 Å². The summed E-state index contributed by atoms with van der Waals surface area (Å²) in [6, 6.07) is -0.230. The van der Waals surface area contributed by atoms with Gasteiger partial charge in [-0.2, -0.15) is 0 Å². The first kappa shape index (κ1) is 16.7. The predicted octanol–water partition coefficient (Wildman–Crippen LogP) is -0.156. The minimum absolute atomic E-state index is 0.0374. The van der Waals surface area contributed by atoms with Gasteiger partial charge in [0.05, 0.1) is 13.2 Å². The first-order chi connectivity index (χ1) is 8.52. The second-order valence-electron chi connectivity index (χ2n) is 3.90. The van der Waals surface area contributed by atoms with Crippen LogP contribution < -0.4 is 0 Å². The van der Waals surface area contributed by atoms with Crippen molar-refractivity contribution in [3.63, 3.8) is 0 Å². The molecule has 0 bridgehead atoms. The van der Waals surface area contributed by atoms with E-state index in [2.05, 4.69) is 0 Å². The van der Waals surface area contributed by atoms with E-state index in [0.717, 1.165) is 0 Å². The van der Waals surface area contributed by atoms with E-state index in [-0.39, 0.29) is 25.6 Å². The van der Waals surface area contributed by atoms with Gasteiger partial charge in [0, 0.05) is 40.2 Å². The number of aliphatic carboxylic acids is 1. The van der Waals surface area contributed by atoms with E-state index in [1.54, 1.807) is 7.05 Å². The van der Waals surface area contributed by atoms with Gasteiger partial charge in [-0.25, -0.2) is 4.79 Å². The van der Waals surface area contributed by atoms with Gasteiger partial charge in [-0.3, -0.25) is 4.79 Å². The number of urea groups is 1. The molecule has 0 aliphatic rings. The van der Waals surface area contributed by atoms with Gasteiger partial charge in [-0.15, -0.1) is 0 Å². The van der Waals surface area contributed by atoms with Crippen molar-refractivity contribution in [2.45, 2.75) is 12.8 Å². The minimum Gasteiger partial charge on any atom is -0.481 e. The summed E-state index contributed by atoms with van der Waals surface area (Å²) in [5, 5.41) is 17.4. The fourth-order valence-electron chi connectivity index (χ4n) is 1.43. The minimum atomic E-state index is -0.873. The Morgan fingerprint density at radius 1 is 1.22 bits per heavy atom. The molecule has 0 saturated heterocycles. The van der Waals surface area contributed by atoms with Crippen LogP contribution in [0.15, 0.2) is 0 Å². The van der Waals surface area contributed by atoms with E-state index in [9.17, 15) is 9.59 Å². The van der Waals surface area contributed by atoms with E-state index >= 15 is 0 Å². The molecule has 0 aromatic heterocycles.